The Hall–Kier alpha value is -6.94. The van der Waals surface area contributed by atoms with Gasteiger partial charge in [0, 0.05) is 27.5 Å². The van der Waals surface area contributed by atoms with Gasteiger partial charge in [-0.25, -0.2) is 0 Å². The van der Waals surface area contributed by atoms with Gasteiger partial charge in [-0.3, -0.25) is 0 Å². The summed E-state index contributed by atoms with van der Waals surface area (Å²) in [6, 6.07) is 81.4. The van der Waals surface area contributed by atoms with Crippen LogP contribution in [0.3, 0.4) is 0 Å². The summed E-state index contributed by atoms with van der Waals surface area (Å²) in [5.74, 6) is 0. The molecule has 0 fully saturated rings. The van der Waals surface area contributed by atoms with E-state index in [2.05, 4.69) is 229 Å². The SMILES string of the molecule is c1ccc(-c2ccc(N(c3ccc([Si](c4ccccc4)(c4ccccc4)c4ccccc4)cc3)c3cccc4c3oc3c5ccccc5ccc43)cc2)cc1. The van der Waals surface area contributed by atoms with Crippen LogP contribution in [0.15, 0.2) is 229 Å². The lowest BCUT2D eigenvalue weighted by molar-refractivity contribution is 0.673. The molecule has 0 unspecified atom stereocenters. The van der Waals surface area contributed by atoms with Crippen LogP contribution in [-0.2, 0) is 0 Å². The van der Waals surface area contributed by atoms with Crippen molar-refractivity contribution in [3.8, 4) is 11.1 Å². The maximum absolute atomic E-state index is 6.93. The van der Waals surface area contributed by atoms with Gasteiger partial charge >= 0.3 is 0 Å². The van der Waals surface area contributed by atoms with Crippen molar-refractivity contribution in [3.05, 3.63) is 224 Å². The summed E-state index contributed by atoms with van der Waals surface area (Å²) in [7, 11) is -2.69. The molecule has 0 N–H and O–H groups in total. The Bertz CT molecular complexity index is 2790. The van der Waals surface area contributed by atoms with Crippen molar-refractivity contribution in [2.45, 2.75) is 0 Å². The van der Waals surface area contributed by atoms with Crippen molar-refractivity contribution in [2.75, 3.05) is 4.90 Å². The lowest BCUT2D eigenvalue weighted by Gasteiger charge is -2.35. The van der Waals surface area contributed by atoms with Gasteiger partial charge in [0.2, 0.25) is 0 Å². The number of hydrogen-bond donors (Lipinski definition) is 0. The zero-order valence-electron chi connectivity index (χ0n) is 30.2. The van der Waals surface area contributed by atoms with E-state index in [-0.39, 0.29) is 0 Å². The van der Waals surface area contributed by atoms with Crippen LogP contribution in [0.1, 0.15) is 0 Å². The summed E-state index contributed by atoms with van der Waals surface area (Å²) in [6.45, 7) is 0. The first-order valence-electron chi connectivity index (χ1n) is 18.8. The molecule has 0 atom stereocenters. The highest BCUT2D eigenvalue weighted by atomic mass is 28.3. The average Bonchev–Trinajstić information content (AvgIpc) is 3.67. The van der Waals surface area contributed by atoms with Gasteiger partial charge in [-0.05, 0) is 73.7 Å². The van der Waals surface area contributed by atoms with Gasteiger partial charge in [-0.15, -0.1) is 0 Å². The van der Waals surface area contributed by atoms with Crippen molar-refractivity contribution in [1.29, 1.82) is 0 Å². The van der Waals surface area contributed by atoms with Gasteiger partial charge in [-0.2, -0.15) is 0 Å². The van der Waals surface area contributed by atoms with Crippen LogP contribution >= 0.6 is 0 Å². The highest BCUT2D eigenvalue weighted by molar-refractivity contribution is 7.19. The normalized spacial score (nSPS) is 11.6. The van der Waals surface area contributed by atoms with Crippen molar-refractivity contribution >= 4 is 78.6 Å². The summed E-state index contributed by atoms with van der Waals surface area (Å²) in [5, 5.41) is 9.90. The minimum absolute atomic E-state index is 0.867. The summed E-state index contributed by atoms with van der Waals surface area (Å²) in [4.78, 5) is 2.35. The van der Waals surface area contributed by atoms with E-state index < -0.39 is 8.07 Å². The Labute approximate surface area is 322 Å². The van der Waals surface area contributed by atoms with Crippen LogP contribution in [0.4, 0.5) is 17.1 Å². The smallest absolute Gasteiger partial charge is 0.179 e. The number of furan rings is 1. The van der Waals surface area contributed by atoms with E-state index in [0.29, 0.717) is 0 Å². The molecule has 0 amide bonds. The molecular weight excluding hydrogens is 683 g/mol. The molecule has 260 valence electrons. The summed E-state index contributed by atoms with van der Waals surface area (Å²) >= 11 is 0. The first-order valence-corrected chi connectivity index (χ1v) is 20.8. The fraction of sp³-hybridized carbons (Fsp3) is 0. The lowest BCUT2D eigenvalue weighted by Crippen LogP contribution is -2.74. The molecule has 1 aromatic heterocycles. The maximum Gasteiger partial charge on any atom is 0.179 e. The Morgan fingerprint density at radius 2 is 0.764 bits per heavy atom. The Kier molecular flexibility index (Phi) is 8.20. The standard InChI is InChI=1S/C52H37NOSi/c1-5-16-38(17-6-1)39-28-31-41(32-29-39)53(50-27-15-26-48-49-37-30-40-18-13-14-25-47(40)51(49)54-52(48)50)42-33-35-46(36-34-42)55(43-19-7-2-8-20-43,44-21-9-3-10-22-44)45-23-11-4-12-24-45/h1-37H. The molecule has 1 heterocycles. The molecule has 0 aliphatic heterocycles. The highest BCUT2D eigenvalue weighted by Gasteiger charge is 2.41. The van der Waals surface area contributed by atoms with Crippen molar-refractivity contribution in [3.63, 3.8) is 0 Å². The van der Waals surface area contributed by atoms with Gasteiger partial charge in [0.05, 0.1) is 5.69 Å². The van der Waals surface area contributed by atoms with Gasteiger partial charge < -0.3 is 9.32 Å². The molecule has 0 bridgehead atoms. The number of rotatable bonds is 8. The maximum atomic E-state index is 6.93. The molecule has 10 aromatic rings. The van der Waals surface area contributed by atoms with Crippen LogP contribution in [0.25, 0.3) is 43.8 Å². The molecule has 0 aliphatic carbocycles. The molecule has 0 aliphatic rings. The summed E-state index contributed by atoms with van der Waals surface area (Å²) in [5.41, 5.74) is 7.27. The van der Waals surface area contributed by atoms with E-state index in [1.807, 2.05) is 0 Å². The number of nitrogens with zero attached hydrogens (tertiary/aromatic N) is 1. The summed E-state index contributed by atoms with van der Waals surface area (Å²) < 4.78 is 6.93. The molecule has 9 aromatic carbocycles. The minimum Gasteiger partial charge on any atom is -0.453 e. The van der Waals surface area contributed by atoms with E-state index in [1.54, 1.807) is 0 Å². The van der Waals surface area contributed by atoms with Gasteiger partial charge in [0.1, 0.15) is 5.58 Å². The second-order valence-electron chi connectivity index (χ2n) is 14.1. The fourth-order valence-corrected chi connectivity index (χ4v) is 13.2. The monoisotopic (exact) mass is 719 g/mol. The number of benzene rings is 9. The first kappa shape index (κ1) is 32.7. The molecule has 10 rings (SSSR count). The number of hydrogen-bond acceptors (Lipinski definition) is 2. The van der Waals surface area contributed by atoms with E-state index in [0.717, 1.165) is 44.4 Å². The van der Waals surface area contributed by atoms with E-state index in [1.165, 1.54) is 37.3 Å². The van der Waals surface area contributed by atoms with Crippen molar-refractivity contribution < 1.29 is 4.42 Å². The van der Waals surface area contributed by atoms with Crippen LogP contribution in [0.5, 0.6) is 0 Å². The Balaban J connectivity index is 1.19. The molecule has 0 spiro atoms. The highest BCUT2D eigenvalue weighted by Crippen LogP contribution is 2.43. The third-order valence-electron chi connectivity index (χ3n) is 11.0. The summed E-state index contributed by atoms with van der Waals surface area (Å²) in [6.07, 6.45) is 0. The van der Waals surface area contributed by atoms with Crippen LogP contribution < -0.4 is 25.6 Å². The molecule has 2 nitrogen and oxygen atoms in total. The molecule has 0 saturated carbocycles. The molecular formula is C52H37NOSi. The largest absolute Gasteiger partial charge is 0.453 e. The molecule has 3 heteroatoms. The van der Waals surface area contributed by atoms with E-state index in [4.69, 9.17) is 4.42 Å². The topological polar surface area (TPSA) is 16.4 Å². The van der Waals surface area contributed by atoms with Gasteiger partial charge in [-0.1, -0.05) is 188 Å². The Morgan fingerprint density at radius 1 is 0.309 bits per heavy atom. The van der Waals surface area contributed by atoms with E-state index in [9.17, 15) is 0 Å². The second-order valence-corrected chi connectivity index (χ2v) is 17.9. The van der Waals surface area contributed by atoms with Gasteiger partial charge in [0.25, 0.3) is 0 Å². The first-order chi connectivity index (χ1) is 27.3. The van der Waals surface area contributed by atoms with Crippen molar-refractivity contribution in [2.24, 2.45) is 0 Å². The third-order valence-corrected chi connectivity index (χ3v) is 15.8. The third kappa shape index (κ3) is 5.56. The molecule has 55 heavy (non-hydrogen) atoms. The number of para-hydroxylation sites is 1. The lowest BCUT2D eigenvalue weighted by atomic mass is 10.0. The predicted molar refractivity (Wildman–Crippen MR) is 235 cm³/mol. The predicted octanol–water partition coefficient (Wildman–Crippen LogP) is 11.3. The number of fused-ring (bicyclic) bond motifs is 5. The molecule has 0 saturated heterocycles. The Morgan fingerprint density at radius 3 is 1.36 bits per heavy atom. The average molecular weight is 720 g/mol. The van der Waals surface area contributed by atoms with Crippen LogP contribution in [0, 0.1) is 0 Å². The van der Waals surface area contributed by atoms with Crippen molar-refractivity contribution in [1.82, 2.24) is 0 Å². The van der Waals surface area contributed by atoms with Crippen LogP contribution in [-0.4, -0.2) is 8.07 Å². The zero-order chi connectivity index (χ0) is 36.6. The molecule has 0 radical (unpaired) electrons. The second kappa shape index (κ2) is 13.8. The zero-order valence-corrected chi connectivity index (χ0v) is 31.2. The quantitative estimate of drug-likeness (QED) is 0.115. The van der Waals surface area contributed by atoms with E-state index >= 15 is 0 Å². The van der Waals surface area contributed by atoms with Crippen LogP contribution in [0.2, 0.25) is 0 Å². The minimum atomic E-state index is -2.69. The van der Waals surface area contributed by atoms with Gasteiger partial charge in [0.15, 0.2) is 13.7 Å². The fourth-order valence-electron chi connectivity index (χ4n) is 8.47. The number of anilines is 3.